The first-order valence-electron chi connectivity index (χ1n) is 9.50. The summed E-state index contributed by atoms with van der Waals surface area (Å²) in [6, 6.07) is 5.10. The smallest absolute Gasteiger partial charge is 0.243 e. The van der Waals surface area contributed by atoms with Crippen molar-refractivity contribution < 1.29 is 22.7 Å². The van der Waals surface area contributed by atoms with Gasteiger partial charge in [0.2, 0.25) is 21.8 Å². The van der Waals surface area contributed by atoms with Crippen LogP contribution in [0.1, 0.15) is 11.1 Å². The first-order valence-corrected chi connectivity index (χ1v) is 10.9. The van der Waals surface area contributed by atoms with Crippen LogP contribution in [0.2, 0.25) is 0 Å². The van der Waals surface area contributed by atoms with Crippen LogP contribution in [-0.4, -0.2) is 93.9 Å². The van der Waals surface area contributed by atoms with E-state index in [4.69, 9.17) is 10.5 Å². The Labute approximate surface area is 172 Å². The van der Waals surface area contributed by atoms with Gasteiger partial charge in [0.05, 0.1) is 24.6 Å². The molecule has 1 fully saturated rings. The number of sulfonamides is 1. The number of nitrogens with zero attached hydrogens (tertiary/aromatic N) is 3. The summed E-state index contributed by atoms with van der Waals surface area (Å²) in [5, 5.41) is 0. The molecule has 2 amide bonds. The Bertz CT molecular complexity index is 835. The molecule has 1 saturated heterocycles. The van der Waals surface area contributed by atoms with Gasteiger partial charge in [0.1, 0.15) is 0 Å². The fourth-order valence-electron chi connectivity index (χ4n) is 3.15. The molecule has 162 valence electrons. The normalized spacial score (nSPS) is 15.7. The maximum Gasteiger partial charge on any atom is 0.243 e. The van der Waals surface area contributed by atoms with E-state index in [1.807, 2.05) is 13.8 Å². The lowest BCUT2D eigenvalue weighted by Crippen LogP contribution is -2.53. The number of hydrogen-bond donors (Lipinski definition) is 1. The molecule has 2 N–H and O–H groups in total. The van der Waals surface area contributed by atoms with Crippen LogP contribution in [0.4, 0.5) is 0 Å². The number of hydrogen-bond acceptors (Lipinski definition) is 6. The Morgan fingerprint density at radius 1 is 1.10 bits per heavy atom. The topological polar surface area (TPSA) is 113 Å². The minimum absolute atomic E-state index is 0.0315. The number of methoxy groups -OCH3 is 1. The van der Waals surface area contributed by atoms with Crippen molar-refractivity contribution in [1.29, 1.82) is 0 Å². The summed E-state index contributed by atoms with van der Waals surface area (Å²) < 4.78 is 32.2. The number of benzene rings is 1. The molecule has 0 saturated carbocycles. The highest BCUT2D eigenvalue weighted by Crippen LogP contribution is 2.20. The van der Waals surface area contributed by atoms with E-state index in [0.717, 1.165) is 11.1 Å². The van der Waals surface area contributed by atoms with Gasteiger partial charge in [-0.2, -0.15) is 4.31 Å². The van der Waals surface area contributed by atoms with Crippen LogP contribution in [0.5, 0.6) is 0 Å². The average molecular weight is 427 g/mol. The molecule has 10 heteroatoms. The third kappa shape index (κ3) is 6.23. The molecule has 0 aromatic heterocycles. The summed E-state index contributed by atoms with van der Waals surface area (Å²) >= 11 is 0. The molecule has 9 nitrogen and oxygen atoms in total. The Kier molecular flexibility index (Phi) is 8.14. The summed E-state index contributed by atoms with van der Waals surface area (Å²) in [5.74, 6) is -0.677. The number of piperazine rings is 1. The minimum atomic E-state index is -3.59. The number of amides is 2. The fraction of sp³-hybridized carbons (Fsp3) is 0.579. The Hall–Kier alpha value is -2.01. The molecule has 2 rings (SSSR count). The summed E-state index contributed by atoms with van der Waals surface area (Å²) in [5.41, 5.74) is 7.20. The van der Waals surface area contributed by atoms with Crippen molar-refractivity contribution in [3.05, 3.63) is 29.3 Å². The van der Waals surface area contributed by atoms with Gasteiger partial charge in [0.15, 0.2) is 0 Å². The highest BCUT2D eigenvalue weighted by Gasteiger charge is 2.30. The largest absolute Gasteiger partial charge is 0.383 e. The predicted molar refractivity (Wildman–Crippen MR) is 109 cm³/mol. The van der Waals surface area contributed by atoms with Crippen LogP contribution >= 0.6 is 0 Å². The second-order valence-corrected chi connectivity index (χ2v) is 9.14. The van der Waals surface area contributed by atoms with Crippen molar-refractivity contribution in [3.63, 3.8) is 0 Å². The van der Waals surface area contributed by atoms with Gasteiger partial charge in [-0.25, -0.2) is 8.42 Å². The predicted octanol–water partition coefficient (Wildman–Crippen LogP) is -0.430. The van der Waals surface area contributed by atoms with E-state index in [1.54, 1.807) is 35.1 Å². The number of carbonyl (C=O) groups is 2. The van der Waals surface area contributed by atoms with Gasteiger partial charge in [0, 0.05) is 39.8 Å². The lowest BCUT2D eigenvalue weighted by Gasteiger charge is -2.35. The maximum atomic E-state index is 12.9. The minimum Gasteiger partial charge on any atom is -0.383 e. The second kappa shape index (κ2) is 10.1. The van der Waals surface area contributed by atoms with E-state index in [2.05, 4.69) is 0 Å². The molecule has 0 unspecified atom stereocenters. The van der Waals surface area contributed by atoms with Crippen molar-refractivity contribution in [1.82, 2.24) is 14.1 Å². The Balaban J connectivity index is 1.97. The summed E-state index contributed by atoms with van der Waals surface area (Å²) in [6.45, 7) is 5.68. The SMILES string of the molecule is COCCN(CC(N)=O)CC(=O)N1CCN(S(=O)(=O)c2ccc(C)c(C)c2)CC1. The first kappa shape index (κ1) is 23.3. The maximum absolute atomic E-state index is 12.9. The lowest BCUT2D eigenvalue weighted by atomic mass is 10.1. The van der Waals surface area contributed by atoms with E-state index in [-0.39, 0.29) is 37.0 Å². The van der Waals surface area contributed by atoms with Crippen LogP contribution in [-0.2, 0) is 24.3 Å². The molecule has 0 atom stereocenters. The molecule has 1 heterocycles. The van der Waals surface area contributed by atoms with E-state index in [9.17, 15) is 18.0 Å². The Morgan fingerprint density at radius 3 is 2.31 bits per heavy atom. The van der Waals surface area contributed by atoms with Gasteiger partial charge >= 0.3 is 0 Å². The van der Waals surface area contributed by atoms with Gasteiger partial charge in [-0.3, -0.25) is 14.5 Å². The molecule has 0 spiro atoms. The van der Waals surface area contributed by atoms with Crippen molar-refractivity contribution in [2.24, 2.45) is 5.73 Å². The van der Waals surface area contributed by atoms with E-state index in [0.29, 0.717) is 26.2 Å². The number of nitrogens with two attached hydrogens (primary N) is 1. The summed E-state index contributed by atoms with van der Waals surface area (Å²) in [7, 11) is -2.05. The first-order chi connectivity index (χ1) is 13.6. The fourth-order valence-corrected chi connectivity index (χ4v) is 4.66. The third-order valence-corrected chi connectivity index (χ3v) is 6.95. The molecule has 0 radical (unpaired) electrons. The van der Waals surface area contributed by atoms with Gasteiger partial charge in [-0.1, -0.05) is 6.07 Å². The number of carbonyl (C=O) groups excluding carboxylic acids is 2. The highest BCUT2D eigenvalue weighted by atomic mass is 32.2. The molecule has 1 aromatic rings. The molecular formula is C19H30N4O5S. The average Bonchev–Trinajstić information content (AvgIpc) is 2.67. The zero-order chi connectivity index (χ0) is 21.6. The molecular weight excluding hydrogens is 396 g/mol. The summed E-state index contributed by atoms with van der Waals surface area (Å²) in [4.78, 5) is 27.3. The number of ether oxygens (including phenoxy) is 1. The van der Waals surface area contributed by atoms with Crippen molar-refractivity contribution in [3.8, 4) is 0 Å². The molecule has 0 aliphatic carbocycles. The molecule has 29 heavy (non-hydrogen) atoms. The van der Waals surface area contributed by atoms with Crippen LogP contribution < -0.4 is 5.73 Å². The van der Waals surface area contributed by atoms with Crippen LogP contribution in [0.15, 0.2) is 23.1 Å². The van der Waals surface area contributed by atoms with Crippen molar-refractivity contribution in [2.75, 3.05) is 59.5 Å². The zero-order valence-corrected chi connectivity index (χ0v) is 18.1. The van der Waals surface area contributed by atoms with Crippen molar-refractivity contribution in [2.45, 2.75) is 18.7 Å². The van der Waals surface area contributed by atoms with Crippen molar-refractivity contribution >= 4 is 21.8 Å². The standard InChI is InChI=1S/C19H30N4O5S/c1-15-4-5-17(12-16(15)2)29(26,27)23-8-6-22(7-9-23)19(25)14-21(10-11-28-3)13-18(20)24/h4-5,12H,6-11,13-14H2,1-3H3,(H2,20,24). The van der Waals surface area contributed by atoms with E-state index in [1.165, 1.54) is 4.31 Å². The van der Waals surface area contributed by atoms with Crippen LogP contribution in [0, 0.1) is 13.8 Å². The number of aryl methyl sites for hydroxylation is 2. The van der Waals surface area contributed by atoms with Gasteiger partial charge in [-0.15, -0.1) is 0 Å². The van der Waals surface area contributed by atoms with Gasteiger partial charge < -0.3 is 15.4 Å². The lowest BCUT2D eigenvalue weighted by molar-refractivity contribution is -0.134. The van der Waals surface area contributed by atoms with Gasteiger partial charge in [-0.05, 0) is 37.1 Å². The van der Waals surface area contributed by atoms with Crippen LogP contribution in [0.3, 0.4) is 0 Å². The third-order valence-electron chi connectivity index (χ3n) is 5.06. The Morgan fingerprint density at radius 2 is 1.76 bits per heavy atom. The quantitative estimate of drug-likeness (QED) is 0.573. The van der Waals surface area contributed by atoms with E-state index < -0.39 is 15.9 Å². The second-order valence-electron chi connectivity index (χ2n) is 7.20. The highest BCUT2D eigenvalue weighted by molar-refractivity contribution is 7.89. The summed E-state index contributed by atoms with van der Waals surface area (Å²) in [6.07, 6.45) is 0. The molecule has 0 bridgehead atoms. The van der Waals surface area contributed by atoms with Crippen LogP contribution in [0.25, 0.3) is 0 Å². The monoisotopic (exact) mass is 426 g/mol. The molecule has 1 aliphatic rings. The van der Waals surface area contributed by atoms with Gasteiger partial charge in [0.25, 0.3) is 0 Å². The number of rotatable bonds is 9. The van der Waals surface area contributed by atoms with E-state index >= 15 is 0 Å². The molecule has 1 aromatic carbocycles. The zero-order valence-electron chi connectivity index (χ0n) is 17.3. The number of primary amides is 1. The molecule has 1 aliphatic heterocycles.